The monoisotopic (exact) mass is 253 g/mol. The fourth-order valence-electron chi connectivity index (χ4n) is 1.26. The number of hydrogen-bond donors (Lipinski definition) is 1. The van der Waals surface area contributed by atoms with E-state index < -0.39 is 0 Å². The molecule has 0 aliphatic rings. The minimum atomic E-state index is -0.348. The molecule has 0 aliphatic heterocycles. The number of esters is 1. The Hall–Kier alpha value is -1.62. The summed E-state index contributed by atoms with van der Waals surface area (Å²) in [7, 11) is 0. The van der Waals surface area contributed by atoms with Crippen LogP contribution in [-0.4, -0.2) is 18.5 Å². The van der Waals surface area contributed by atoms with E-state index in [-0.39, 0.29) is 18.3 Å². The van der Waals surface area contributed by atoms with Crippen molar-refractivity contribution in [2.24, 2.45) is 0 Å². The highest BCUT2D eigenvalue weighted by molar-refractivity contribution is 7.18. The van der Waals surface area contributed by atoms with Crippen LogP contribution in [0.4, 0.5) is 5.00 Å². The summed E-state index contributed by atoms with van der Waals surface area (Å²) >= 11 is 1.22. The Balaban J connectivity index is 2.77. The zero-order valence-corrected chi connectivity index (χ0v) is 10.7. The number of rotatable bonds is 5. The molecule has 92 valence electrons. The molecule has 0 saturated carbocycles. The highest BCUT2D eigenvalue weighted by Crippen LogP contribution is 2.27. The van der Waals surface area contributed by atoms with Crippen LogP contribution in [0.5, 0.6) is 0 Å². The van der Waals surface area contributed by atoms with Crippen molar-refractivity contribution in [1.29, 1.82) is 0 Å². The number of aryl methyl sites for hydroxylation is 1. The second kappa shape index (κ2) is 6.20. The van der Waals surface area contributed by atoms with Gasteiger partial charge in [-0.2, -0.15) is 0 Å². The van der Waals surface area contributed by atoms with E-state index in [0.29, 0.717) is 16.5 Å². The number of hydrogen-bond acceptors (Lipinski definition) is 4. The van der Waals surface area contributed by atoms with Crippen molar-refractivity contribution < 1.29 is 14.3 Å². The molecule has 1 heterocycles. The van der Waals surface area contributed by atoms with Crippen LogP contribution in [0.15, 0.2) is 18.7 Å². The van der Waals surface area contributed by atoms with Crippen molar-refractivity contribution in [2.75, 3.05) is 11.9 Å². The molecule has 17 heavy (non-hydrogen) atoms. The van der Waals surface area contributed by atoms with Gasteiger partial charge in [-0.15, -0.1) is 17.9 Å². The summed E-state index contributed by atoms with van der Waals surface area (Å²) < 4.78 is 4.92. The minimum absolute atomic E-state index is 0.142. The smallest absolute Gasteiger partial charge is 0.348 e. The summed E-state index contributed by atoms with van der Waals surface area (Å²) in [6.07, 6.45) is 1.79. The number of thiophene rings is 1. The molecule has 5 heteroatoms. The van der Waals surface area contributed by atoms with Gasteiger partial charge in [0.1, 0.15) is 4.88 Å². The van der Waals surface area contributed by atoms with Gasteiger partial charge < -0.3 is 10.1 Å². The van der Waals surface area contributed by atoms with Crippen molar-refractivity contribution >= 4 is 28.2 Å². The van der Waals surface area contributed by atoms with Crippen molar-refractivity contribution in [3.8, 4) is 0 Å². The third-order valence-corrected chi connectivity index (χ3v) is 3.10. The van der Waals surface area contributed by atoms with Crippen molar-refractivity contribution in [3.63, 3.8) is 0 Å². The first-order chi connectivity index (χ1) is 8.08. The summed E-state index contributed by atoms with van der Waals surface area (Å²) in [5.74, 6) is -0.490. The first kappa shape index (κ1) is 13.4. The van der Waals surface area contributed by atoms with E-state index in [1.54, 1.807) is 13.0 Å². The third kappa shape index (κ3) is 3.71. The van der Waals surface area contributed by atoms with E-state index in [2.05, 4.69) is 11.9 Å². The van der Waals surface area contributed by atoms with Gasteiger partial charge in [0.15, 0.2) is 0 Å². The summed E-state index contributed by atoms with van der Waals surface area (Å²) in [5, 5.41) is 3.35. The number of nitrogens with one attached hydrogen (secondary N) is 1. The van der Waals surface area contributed by atoms with Gasteiger partial charge in [0.05, 0.1) is 11.6 Å². The number of anilines is 1. The number of amides is 1. The van der Waals surface area contributed by atoms with Gasteiger partial charge in [0, 0.05) is 6.42 Å². The highest BCUT2D eigenvalue weighted by Gasteiger charge is 2.15. The zero-order valence-electron chi connectivity index (χ0n) is 9.91. The van der Waals surface area contributed by atoms with Crippen LogP contribution in [0, 0.1) is 6.92 Å². The fourth-order valence-corrected chi connectivity index (χ4v) is 2.25. The second-order valence-corrected chi connectivity index (χ2v) is 4.44. The molecular formula is C12H15NO3S. The predicted octanol–water partition coefficient (Wildman–Crippen LogP) is 2.75. The molecule has 0 fully saturated rings. The average molecular weight is 253 g/mol. The van der Waals surface area contributed by atoms with E-state index in [9.17, 15) is 9.59 Å². The lowest BCUT2D eigenvalue weighted by atomic mass is 10.3. The predicted molar refractivity (Wildman–Crippen MR) is 68.5 cm³/mol. The fraction of sp³-hybridized carbons (Fsp3) is 0.333. The quantitative estimate of drug-likeness (QED) is 0.648. The summed E-state index contributed by atoms with van der Waals surface area (Å²) in [6, 6.07) is 1.76. The van der Waals surface area contributed by atoms with Gasteiger partial charge in [0.2, 0.25) is 5.91 Å². The summed E-state index contributed by atoms with van der Waals surface area (Å²) in [4.78, 5) is 23.4. The SMILES string of the molecule is C=CCC(=O)Nc1cc(C)c(C(=O)OCC)s1. The Bertz CT molecular complexity index is 437. The molecule has 1 aromatic rings. The lowest BCUT2D eigenvalue weighted by Gasteiger charge is -1.99. The van der Waals surface area contributed by atoms with E-state index >= 15 is 0 Å². The maximum atomic E-state index is 11.5. The van der Waals surface area contributed by atoms with Crippen LogP contribution in [0.25, 0.3) is 0 Å². The average Bonchev–Trinajstić information content (AvgIpc) is 2.60. The molecular weight excluding hydrogens is 238 g/mol. The highest BCUT2D eigenvalue weighted by atomic mass is 32.1. The maximum absolute atomic E-state index is 11.5. The van der Waals surface area contributed by atoms with Crippen molar-refractivity contribution in [2.45, 2.75) is 20.3 Å². The van der Waals surface area contributed by atoms with Crippen LogP contribution in [-0.2, 0) is 9.53 Å². The van der Waals surface area contributed by atoms with Gasteiger partial charge in [-0.05, 0) is 25.5 Å². The normalized spacial score (nSPS) is 9.76. The molecule has 1 amide bonds. The molecule has 0 atom stereocenters. The van der Waals surface area contributed by atoms with E-state index in [4.69, 9.17) is 4.74 Å². The van der Waals surface area contributed by atoms with E-state index in [1.165, 1.54) is 17.4 Å². The molecule has 0 aromatic carbocycles. The Morgan fingerprint density at radius 1 is 1.59 bits per heavy atom. The van der Waals surface area contributed by atoms with E-state index in [1.807, 2.05) is 6.92 Å². The van der Waals surface area contributed by atoms with E-state index in [0.717, 1.165) is 5.56 Å². The topological polar surface area (TPSA) is 55.4 Å². The molecule has 0 aliphatic carbocycles. The molecule has 0 radical (unpaired) electrons. The maximum Gasteiger partial charge on any atom is 0.348 e. The number of carbonyl (C=O) groups excluding carboxylic acids is 2. The second-order valence-electron chi connectivity index (χ2n) is 3.38. The van der Waals surface area contributed by atoms with Gasteiger partial charge in [0.25, 0.3) is 0 Å². The summed E-state index contributed by atoms with van der Waals surface area (Å²) in [6.45, 7) is 7.40. The van der Waals surface area contributed by atoms with Crippen LogP contribution in [0.3, 0.4) is 0 Å². The molecule has 0 saturated heterocycles. The number of ether oxygens (including phenoxy) is 1. The molecule has 4 nitrogen and oxygen atoms in total. The van der Waals surface area contributed by atoms with Crippen LogP contribution in [0.2, 0.25) is 0 Å². The standard InChI is InChI=1S/C12H15NO3S/c1-4-6-9(14)13-10-7-8(3)11(17-10)12(15)16-5-2/h4,7H,1,5-6H2,2-3H3,(H,13,14). The largest absolute Gasteiger partial charge is 0.462 e. The molecule has 0 bridgehead atoms. The van der Waals surface area contributed by atoms with Crippen LogP contribution < -0.4 is 5.32 Å². The van der Waals surface area contributed by atoms with Gasteiger partial charge >= 0.3 is 5.97 Å². The molecule has 1 aromatic heterocycles. The van der Waals surface area contributed by atoms with Crippen LogP contribution >= 0.6 is 11.3 Å². The van der Waals surface area contributed by atoms with Crippen molar-refractivity contribution in [3.05, 3.63) is 29.2 Å². The van der Waals surface area contributed by atoms with Gasteiger partial charge in [-0.1, -0.05) is 6.08 Å². The zero-order chi connectivity index (χ0) is 12.8. The molecule has 1 rings (SSSR count). The Labute approximate surface area is 104 Å². The first-order valence-corrected chi connectivity index (χ1v) is 6.08. The van der Waals surface area contributed by atoms with Gasteiger partial charge in [-0.25, -0.2) is 4.79 Å². The first-order valence-electron chi connectivity index (χ1n) is 5.26. The lowest BCUT2D eigenvalue weighted by Crippen LogP contribution is -2.08. The molecule has 0 spiro atoms. The summed E-state index contributed by atoms with van der Waals surface area (Å²) in [5.41, 5.74) is 0.808. The lowest BCUT2D eigenvalue weighted by molar-refractivity contribution is -0.115. The van der Waals surface area contributed by atoms with Crippen LogP contribution in [0.1, 0.15) is 28.6 Å². The van der Waals surface area contributed by atoms with Crippen molar-refractivity contribution in [1.82, 2.24) is 0 Å². The Morgan fingerprint density at radius 2 is 2.29 bits per heavy atom. The minimum Gasteiger partial charge on any atom is -0.462 e. The number of carbonyl (C=O) groups is 2. The Morgan fingerprint density at radius 3 is 2.88 bits per heavy atom. The molecule has 1 N–H and O–H groups in total. The third-order valence-electron chi connectivity index (χ3n) is 1.97. The Kier molecular flexibility index (Phi) is 4.90. The molecule has 0 unspecified atom stereocenters. The van der Waals surface area contributed by atoms with Gasteiger partial charge in [-0.3, -0.25) is 4.79 Å².